The maximum atomic E-state index is 10.9. The van der Waals surface area contributed by atoms with Crippen molar-refractivity contribution in [1.82, 2.24) is 0 Å². The van der Waals surface area contributed by atoms with Gasteiger partial charge in [-0.05, 0) is 44.9 Å². The van der Waals surface area contributed by atoms with Crippen LogP contribution < -0.4 is 4.74 Å². The van der Waals surface area contributed by atoms with Crippen molar-refractivity contribution in [3.63, 3.8) is 0 Å². The lowest BCUT2D eigenvalue weighted by atomic mass is 10.1. The van der Waals surface area contributed by atoms with E-state index in [1.165, 1.54) is 0 Å². The lowest BCUT2D eigenvalue weighted by Crippen LogP contribution is -2.15. The van der Waals surface area contributed by atoms with Crippen molar-refractivity contribution in [3.8, 4) is 5.75 Å². The normalized spacial score (nSPS) is 12.2. The number of hydrogen-bond acceptors (Lipinski definition) is 3. The van der Waals surface area contributed by atoms with Crippen LogP contribution in [0.2, 0.25) is 0 Å². The maximum absolute atomic E-state index is 10.9. The molecule has 0 bridgehead atoms. The van der Waals surface area contributed by atoms with E-state index in [4.69, 9.17) is 9.47 Å². The Balaban J connectivity index is 2.47. The Kier molecular flexibility index (Phi) is 5.70. The van der Waals surface area contributed by atoms with Crippen LogP contribution in [0.4, 0.5) is 0 Å². The van der Waals surface area contributed by atoms with Gasteiger partial charge >= 0.3 is 0 Å². The van der Waals surface area contributed by atoms with Crippen molar-refractivity contribution in [2.24, 2.45) is 0 Å². The summed E-state index contributed by atoms with van der Waals surface area (Å²) in [6.45, 7) is 6.05. The molecule has 0 aliphatic carbocycles. The van der Waals surface area contributed by atoms with Gasteiger partial charge in [0.2, 0.25) is 0 Å². The Labute approximate surface area is 103 Å². The van der Waals surface area contributed by atoms with Gasteiger partial charge < -0.3 is 14.3 Å². The number of ether oxygens (including phenoxy) is 2. The first kappa shape index (κ1) is 13.7. The molecule has 0 unspecified atom stereocenters. The van der Waals surface area contributed by atoms with Gasteiger partial charge in [0.1, 0.15) is 11.5 Å². The summed E-state index contributed by atoms with van der Waals surface area (Å²) < 4.78 is 10.8. The second-order valence-corrected chi connectivity index (χ2v) is 3.99. The summed E-state index contributed by atoms with van der Waals surface area (Å²) in [5, 5.41) is 0. The standard InChI is InChI=1S/C14H20O3/c1-4-16-12(3)17-14-9-7-13(8-10-14)6-5-11(2)15/h7-10,12H,4-6H2,1-3H3/t12-/m0/s1. The fraction of sp³-hybridized carbons (Fsp3) is 0.500. The van der Waals surface area contributed by atoms with E-state index >= 15 is 0 Å². The average Bonchev–Trinajstić information content (AvgIpc) is 2.28. The molecule has 0 spiro atoms. The molecule has 0 N–H and O–H groups in total. The van der Waals surface area contributed by atoms with Crippen molar-refractivity contribution >= 4 is 5.78 Å². The van der Waals surface area contributed by atoms with E-state index in [1.807, 2.05) is 38.1 Å². The summed E-state index contributed by atoms with van der Waals surface area (Å²) in [6, 6.07) is 7.78. The molecule has 0 radical (unpaired) electrons. The summed E-state index contributed by atoms with van der Waals surface area (Å²) in [5.41, 5.74) is 1.15. The van der Waals surface area contributed by atoms with E-state index in [9.17, 15) is 4.79 Å². The van der Waals surface area contributed by atoms with Gasteiger partial charge in [-0.1, -0.05) is 12.1 Å². The first-order valence-electron chi connectivity index (χ1n) is 5.98. The molecule has 0 amide bonds. The van der Waals surface area contributed by atoms with Crippen LogP contribution >= 0.6 is 0 Å². The van der Waals surface area contributed by atoms with Crippen molar-refractivity contribution in [1.29, 1.82) is 0 Å². The highest BCUT2D eigenvalue weighted by molar-refractivity contribution is 5.75. The second kappa shape index (κ2) is 7.07. The second-order valence-electron chi connectivity index (χ2n) is 3.99. The number of carbonyl (C=O) groups is 1. The molecule has 94 valence electrons. The fourth-order valence-electron chi connectivity index (χ4n) is 1.52. The molecular formula is C14H20O3. The number of Topliss-reactive ketones (excluding diaryl/α,β-unsaturated/α-hetero) is 1. The summed E-state index contributed by atoms with van der Waals surface area (Å²) in [5.74, 6) is 1.01. The van der Waals surface area contributed by atoms with Crippen LogP contribution in [0.25, 0.3) is 0 Å². The van der Waals surface area contributed by atoms with Gasteiger partial charge in [-0.3, -0.25) is 0 Å². The molecule has 1 aromatic carbocycles. The summed E-state index contributed by atoms with van der Waals surface area (Å²) in [4.78, 5) is 10.9. The van der Waals surface area contributed by atoms with Gasteiger partial charge in [0.25, 0.3) is 0 Å². The summed E-state index contributed by atoms with van der Waals surface area (Å²) >= 11 is 0. The number of hydrogen-bond donors (Lipinski definition) is 0. The SMILES string of the molecule is CCO[C@H](C)Oc1ccc(CCC(C)=O)cc1. The molecule has 1 aromatic rings. The van der Waals surface area contributed by atoms with Crippen LogP contribution in [0, 0.1) is 0 Å². The predicted molar refractivity (Wildman–Crippen MR) is 67.2 cm³/mol. The van der Waals surface area contributed by atoms with Gasteiger partial charge in [0.15, 0.2) is 6.29 Å². The third-order valence-corrected chi connectivity index (χ3v) is 2.39. The minimum absolute atomic E-state index is 0.218. The zero-order valence-electron chi connectivity index (χ0n) is 10.7. The van der Waals surface area contributed by atoms with Crippen molar-refractivity contribution in [3.05, 3.63) is 29.8 Å². The maximum Gasteiger partial charge on any atom is 0.196 e. The molecule has 0 heterocycles. The summed E-state index contributed by atoms with van der Waals surface area (Å²) in [7, 11) is 0. The Morgan fingerprint density at radius 2 is 1.94 bits per heavy atom. The van der Waals surface area contributed by atoms with E-state index in [-0.39, 0.29) is 12.1 Å². The van der Waals surface area contributed by atoms with Gasteiger partial charge in [0.05, 0.1) is 0 Å². The molecule has 1 atom stereocenters. The van der Waals surface area contributed by atoms with Crippen LogP contribution in [0.15, 0.2) is 24.3 Å². The molecule has 0 aromatic heterocycles. The third-order valence-electron chi connectivity index (χ3n) is 2.39. The highest BCUT2D eigenvalue weighted by Gasteiger charge is 2.03. The van der Waals surface area contributed by atoms with Crippen molar-refractivity contribution in [2.75, 3.05) is 6.61 Å². The minimum Gasteiger partial charge on any atom is -0.465 e. The third kappa shape index (κ3) is 5.50. The molecule has 0 saturated heterocycles. The molecule has 3 nitrogen and oxygen atoms in total. The number of rotatable bonds is 7. The Hall–Kier alpha value is -1.35. The number of aryl methyl sites for hydroxylation is 1. The van der Waals surface area contributed by atoms with Crippen LogP contribution in [0.5, 0.6) is 5.75 Å². The quantitative estimate of drug-likeness (QED) is 0.683. The highest BCUT2D eigenvalue weighted by atomic mass is 16.7. The minimum atomic E-state index is -0.233. The molecule has 1 rings (SSSR count). The molecule has 0 aliphatic rings. The van der Waals surface area contributed by atoms with Gasteiger partial charge in [-0.25, -0.2) is 0 Å². The average molecular weight is 236 g/mol. The van der Waals surface area contributed by atoms with E-state index in [1.54, 1.807) is 6.92 Å². The van der Waals surface area contributed by atoms with Crippen LogP contribution in [0.3, 0.4) is 0 Å². The number of benzene rings is 1. The molecular weight excluding hydrogens is 216 g/mol. The van der Waals surface area contributed by atoms with E-state index < -0.39 is 0 Å². The first-order valence-corrected chi connectivity index (χ1v) is 5.98. The van der Waals surface area contributed by atoms with Crippen LogP contribution in [-0.2, 0) is 16.0 Å². The zero-order chi connectivity index (χ0) is 12.7. The van der Waals surface area contributed by atoms with Gasteiger partial charge in [-0.2, -0.15) is 0 Å². The van der Waals surface area contributed by atoms with Crippen LogP contribution in [-0.4, -0.2) is 18.7 Å². The van der Waals surface area contributed by atoms with Crippen molar-refractivity contribution in [2.45, 2.75) is 39.9 Å². The van der Waals surface area contributed by atoms with E-state index in [0.29, 0.717) is 13.0 Å². The summed E-state index contributed by atoms with van der Waals surface area (Å²) in [6.07, 6.45) is 1.15. The molecule has 0 saturated carbocycles. The zero-order valence-corrected chi connectivity index (χ0v) is 10.7. The van der Waals surface area contributed by atoms with Gasteiger partial charge in [-0.15, -0.1) is 0 Å². The van der Waals surface area contributed by atoms with Crippen LogP contribution in [0.1, 0.15) is 32.8 Å². The molecule has 3 heteroatoms. The Morgan fingerprint density at radius 1 is 1.29 bits per heavy atom. The topological polar surface area (TPSA) is 35.5 Å². The largest absolute Gasteiger partial charge is 0.465 e. The highest BCUT2D eigenvalue weighted by Crippen LogP contribution is 2.15. The lowest BCUT2D eigenvalue weighted by molar-refractivity contribution is -0.116. The number of ketones is 1. The first-order chi connectivity index (χ1) is 8.11. The predicted octanol–water partition coefficient (Wildman–Crippen LogP) is 2.97. The lowest BCUT2D eigenvalue weighted by Gasteiger charge is -2.14. The van der Waals surface area contributed by atoms with E-state index in [2.05, 4.69) is 0 Å². The molecule has 0 aliphatic heterocycles. The smallest absolute Gasteiger partial charge is 0.196 e. The fourth-order valence-corrected chi connectivity index (χ4v) is 1.52. The Bertz CT molecular complexity index is 343. The molecule has 0 fully saturated rings. The number of carbonyl (C=O) groups excluding carboxylic acids is 1. The van der Waals surface area contributed by atoms with Gasteiger partial charge in [0, 0.05) is 13.0 Å². The van der Waals surface area contributed by atoms with Crippen molar-refractivity contribution < 1.29 is 14.3 Å². The van der Waals surface area contributed by atoms with E-state index in [0.717, 1.165) is 17.7 Å². The monoisotopic (exact) mass is 236 g/mol. The molecule has 17 heavy (non-hydrogen) atoms. The Morgan fingerprint density at radius 3 is 2.47 bits per heavy atom.